The van der Waals surface area contributed by atoms with Gasteiger partial charge in [-0.15, -0.1) is 0 Å². The van der Waals surface area contributed by atoms with Crippen LogP contribution in [0.3, 0.4) is 0 Å². The van der Waals surface area contributed by atoms with E-state index in [1.807, 2.05) is 0 Å². The third-order valence-corrected chi connectivity index (χ3v) is 2.32. The summed E-state index contributed by atoms with van der Waals surface area (Å²) in [5, 5.41) is 8.56. The van der Waals surface area contributed by atoms with Crippen LogP contribution in [0, 0.1) is 0 Å². The van der Waals surface area contributed by atoms with Crippen LogP contribution in [0.25, 0.3) is 0 Å². The summed E-state index contributed by atoms with van der Waals surface area (Å²) < 4.78 is 4.88. The van der Waals surface area contributed by atoms with Gasteiger partial charge < -0.3 is 14.7 Å². The van der Waals surface area contributed by atoms with Gasteiger partial charge in [0.05, 0.1) is 0 Å². The molecule has 5 nitrogen and oxygen atoms in total. The Hall–Kier alpha value is -1.78. The molecule has 1 aliphatic rings. The van der Waals surface area contributed by atoms with E-state index < -0.39 is 5.97 Å². The highest BCUT2D eigenvalue weighted by Gasteiger charge is 2.20. The van der Waals surface area contributed by atoms with Crippen LogP contribution in [0.5, 0.6) is 0 Å². The third-order valence-electron chi connectivity index (χ3n) is 2.32. The molecule has 1 saturated heterocycles. The molecule has 16 heavy (non-hydrogen) atoms. The molecule has 1 fully saturated rings. The number of carbonyl (C=O) groups excluding carboxylic acids is 1. The van der Waals surface area contributed by atoms with E-state index in [9.17, 15) is 9.59 Å². The van der Waals surface area contributed by atoms with E-state index in [-0.39, 0.29) is 12.7 Å². The van der Waals surface area contributed by atoms with Crippen LogP contribution in [0.4, 0.5) is 4.79 Å². The summed E-state index contributed by atoms with van der Waals surface area (Å²) >= 11 is 0. The van der Waals surface area contributed by atoms with Crippen LogP contribution < -0.4 is 0 Å². The average molecular weight is 225 g/mol. The Morgan fingerprint density at radius 3 is 2.56 bits per heavy atom. The first-order valence-electron chi connectivity index (χ1n) is 5.08. The number of hydrogen-bond donors (Lipinski definition) is 1. The van der Waals surface area contributed by atoms with Crippen LogP contribution >= 0.6 is 0 Å². The lowest BCUT2D eigenvalue weighted by Crippen LogP contribution is -2.36. The van der Waals surface area contributed by atoms with E-state index in [2.05, 4.69) is 6.58 Å². The molecule has 5 heteroatoms. The maximum Gasteiger partial charge on any atom is 0.410 e. The first kappa shape index (κ1) is 12.3. The number of ether oxygens (including phenoxy) is 1. The largest absolute Gasteiger partial charge is 0.478 e. The summed E-state index contributed by atoms with van der Waals surface area (Å²) in [6.07, 6.45) is 3.55. The standard InChI is InChI=1S/C11H15NO4/c1-2-7-16-11(15)12-5-3-9(4-6-12)8-10(13)14/h2,8H,1,3-7H2,(H,13,14). The van der Waals surface area contributed by atoms with Gasteiger partial charge >= 0.3 is 12.1 Å². The fourth-order valence-corrected chi connectivity index (χ4v) is 1.52. The molecule has 0 spiro atoms. The van der Waals surface area contributed by atoms with Gasteiger partial charge in [0.2, 0.25) is 0 Å². The minimum atomic E-state index is -0.933. The minimum Gasteiger partial charge on any atom is -0.478 e. The van der Waals surface area contributed by atoms with Crippen molar-refractivity contribution in [1.29, 1.82) is 0 Å². The summed E-state index contributed by atoms with van der Waals surface area (Å²) in [5.41, 5.74) is 0.861. The highest BCUT2D eigenvalue weighted by Crippen LogP contribution is 2.16. The zero-order valence-electron chi connectivity index (χ0n) is 9.02. The smallest absolute Gasteiger partial charge is 0.410 e. The normalized spacial score (nSPS) is 15.5. The fourth-order valence-electron chi connectivity index (χ4n) is 1.52. The molecular formula is C11H15NO4. The SMILES string of the molecule is C=CCOC(=O)N1CCC(=CC(=O)O)CC1. The molecule has 0 radical (unpaired) electrons. The molecule has 0 bridgehead atoms. The van der Waals surface area contributed by atoms with E-state index in [0.29, 0.717) is 25.9 Å². The molecule has 0 aliphatic carbocycles. The van der Waals surface area contributed by atoms with Crippen molar-refractivity contribution in [2.75, 3.05) is 19.7 Å². The van der Waals surface area contributed by atoms with Crippen molar-refractivity contribution in [3.63, 3.8) is 0 Å². The summed E-state index contributed by atoms with van der Waals surface area (Å²) in [7, 11) is 0. The summed E-state index contributed by atoms with van der Waals surface area (Å²) in [6.45, 7) is 4.67. The van der Waals surface area contributed by atoms with Gasteiger partial charge in [0.25, 0.3) is 0 Å². The Labute approximate surface area is 94.0 Å². The molecule has 0 aromatic carbocycles. The van der Waals surface area contributed by atoms with Crippen molar-refractivity contribution in [2.24, 2.45) is 0 Å². The van der Waals surface area contributed by atoms with Crippen molar-refractivity contribution in [1.82, 2.24) is 4.90 Å². The Morgan fingerprint density at radius 1 is 1.44 bits per heavy atom. The molecule has 0 aromatic rings. The predicted octanol–water partition coefficient (Wildman–Crippen LogP) is 1.42. The number of hydrogen-bond acceptors (Lipinski definition) is 3. The molecule has 1 N–H and O–H groups in total. The molecule has 88 valence electrons. The predicted molar refractivity (Wildman–Crippen MR) is 58.1 cm³/mol. The van der Waals surface area contributed by atoms with Gasteiger partial charge in [-0.25, -0.2) is 9.59 Å². The maximum atomic E-state index is 11.4. The van der Waals surface area contributed by atoms with Gasteiger partial charge in [-0.3, -0.25) is 0 Å². The Balaban J connectivity index is 2.39. The molecule has 1 aliphatic heterocycles. The van der Waals surface area contributed by atoms with Gasteiger partial charge in [0.1, 0.15) is 6.61 Å². The number of aliphatic carboxylic acids is 1. The second-order valence-electron chi connectivity index (χ2n) is 3.49. The zero-order chi connectivity index (χ0) is 12.0. The lowest BCUT2D eigenvalue weighted by Gasteiger charge is -2.27. The van der Waals surface area contributed by atoms with Crippen LogP contribution in [-0.4, -0.2) is 41.8 Å². The van der Waals surface area contributed by atoms with Gasteiger partial charge in [0.15, 0.2) is 0 Å². The van der Waals surface area contributed by atoms with E-state index >= 15 is 0 Å². The van der Waals surface area contributed by atoms with Crippen molar-refractivity contribution >= 4 is 12.1 Å². The Bertz CT molecular complexity index is 312. The molecular weight excluding hydrogens is 210 g/mol. The summed E-state index contributed by atoms with van der Waals surface area (Å²) in [5.74, 6) is -0.933. The topological polar surface area (TPSA) is 66.8 Å². The number of carboxylic acids is 1. The molecule has 0 saturated carbocycles. The van der Waals surface area contributed by atoms with E-state index in [1.165, 1.54) is 12.2 Å². The van der Waals surface area contributed by atoms with Crippen molar-refractivity contribution < 1.29 is 19.4 Å². The number of rotatable bonds is 3. The van der Waals surface area contributed by atoms with Crippen LogP contribution in [0.1, 0.15) is 12.8 Å². The van der Waals surface area contributed by atoms with Gasteiger partial charge in [-0.1, -0.05) is 18.2 Å². The number of carbonyl (C=O) groups is 2. The lowest BCUT2D eigenvalue weighted by molar-refractivity contribution is -0.131. The number of piperidine rings is 1. The van der Waals surface area contributed by atoms with Crippen molar-refractivity contribution in [3.05, 3.63) is 24.3 Å². The van der Waals surface area contributed by atoms with Crippen LogP contribution in [0.2, 0.25) is 0 Å². The number of amides is 1. The molecule has 1 rings (SSSR count). The summed E-state index contributed by atoms with van der Waals surface area (Å²) in [4.78, 5) is 23.4. The van der Waals surface area contributed by atoms with Gasteiger partial charge in [-0.2, -0.15) is 0 Å². The van der Waals surface area contributed by atoms with Crippen LogP contribution in [-0.2, 0) is 9.53 Å². The Kier molecular flexibility index (Phi) is 4.57. The van der Waals surface area contributed by atoms with Crippen LogP contribution in [0.15, 0.2) is 24.3 Å². The second kappa shape index (κ2) is 5.95. The van der Waals surface area contributed by atoms with E-state index in [0.717, 1.165) is 5.57 Å². The number of carboxylic acid groups (broad SMARTS) is 1. The fraction of sp³-hybridized carbons (Fsp3) is 0.455. The first-order valence-corrected chi connectivity index (χ1v) is 5.08. The first-order chi connectivity index (χ1) is 7.63. The van der Waals surface area contributed by atoms with Gasteiger partial charge in [0, 0.05) is 19.2 Å². The van der Waals surface area contributed by atoms with E-state index in [1.54, 1.807) is 4.90 Å². The Morgan fingerprint density at radius 2 is 2.06 bits per heavy atom. The second-order valence-corrected chi connectivity index (χ2v) is 3.49. The maximum absolute atomic E-state index is 11.4. The molecule has 0 atom stereocenters. The van der Waals surface area contributed by atoms with Crippen molar-refractivity contribution in [3.8, 4) is 0 Å². The van der Waals surface area contributed by atoms with Crippen molar-refractivity contribution in [2.45, 2.75) is 12.8 Å². The lowest BCUT2D eigenvalue weighted by atomic mass is 10.0. The quantitative estimate of drug-likeness (QED) is 0.582. The third kappa shape index (κ3) is 3.76. The molecule has 1 heterocycles. The minimum absolute atomic E-state index is 0.202. The van der Waals surface area contributed by atoms with Gasteiger partial charge in [-0.05, 0) is 12.8 Å². The highest BCUT2D eigenvalue weighted by atomic mass is 16.6. The monoisotopic (exact) mass is 225 g/mol. The molecule has 1 amide bonds. The zero-order valence-corrected chi connectivity index (χ0v) is 9.02. The summed E-state index contributed by atoms with van der Waals surface area (Å²) in [6, 6.07) is 0. The number of nitrogens with zero attached hydrogens (tertiary/aromatic N) is 1. The van der Waals surface area contributed by atoms with E-state index in [4.69, 9.17) is 9.84 Å². The average Bonchev–Trinajstić information content (AvgIpc) is 2.26. The molecule has 0 aromatic heterocycles. The highest BCUT2D eigenvalue weighted by molar-refractivity contribution is 5.80. The molecule has 0 unspecified atom stereocenters. The number of likely N-dealkylation sites (tertiary alicyclic amines) is 1.